The van der Waals surface area contributed by atoms with Crippen LogP contribution >= 0.6 is 0 Å². The highest BCUT2D eigenvalue weighted by Crippen LogP contribution is 2.41. The second kappa shape index (κ2) is 13.5. The number of nitrogens with zero attached hydrogens (tertiary/aromatic N) is 4. The van der Waals surface area contributed by atoms with Crippen molar-refractivity contribution in [1.82, 2.24) is 15.3 Å². The monoisotopic (exact) mass is 603 g/mol. The first kappa shape index (κ1) is 30.3. The molecule has 1 unspecified atom stereocenters. The number of alkyl carbamates (subject to hydrolysis) is 1. The van der Waals surface area contributed by atoms with Gasteiger partial charge in [-0.05, 0) is 107 Å². The summed E-state index contributed by atoms with van der Waals surface area (Å²) in [5.41, 5.74) is 2.91. The molecule has 44 heavy (non-hydrogen) atoms. The molecule has 3 saturated carbocycles. The van der Waals surface area contributed by atoms with Gasteiger partial charge in [-0.2, -0.15) is 0 Å². The molecule has 6 rings (SSSR count). The van der Waals surface area contributed by atoms with Crippen molar-refractivity contribution >= 4 is 24.0 Å². The van der Waals surface area contributed by atoms with Crippen molar-refractivity contribution in [3.63, 3.8) is 0 Å². The van der Waals surface area contributed by atoms with Gasteiger partial charge < -0.3 is 19.2 Å². The van der Waals surface area contributed by atoms with Crippen molar-refractivity contribution in [3.8, 4) is 11.3 Å². The smallest absolute Gasteiger partial charge is 0.407 e. The molecule has 3 fully saturated rings. The number of methoxy groups -OCH3 is 1. The Bertz CT molecular complexity index is 1380. The number of ether oxygens (including phenoxy) is 2. The fraction of sp³-hybridized carbons (Fsp3) is 0.618. The van der Waals surface area contributed by atoms with Gasteiger partial charge in [0.15, 0.2) is 5.89 Å². The Morgan fingerprint density at radius 3 is 2.52 bits per heavy atom. The zero-order valence-electron chi connectivity index (χ0n) is 26.2. The zero-order valence-corrected chi connectivity index (χ0v) is 26.2. The van der Waals surface area contributed by atoms with Crippen molar-refractivity contribution in [2.45, 2.75) is 89.6 Å². The number of hydrogen-bond donors (Lipinski definition) is 1. The van der Waals surface area contributed by atoms with Crippen LogP contribution in [-0.4, -0.2) is 55.0 Å². The molecule has 2 aromatic heterocycles. The van der Waals surface area contributed by atoms with Gasteiger partial charge in [0.05, 0.1) is 7.11 Å². The summed E-state index contributed by atoms with van der Waals surface area (Å²) in [5.74, 6) is 4.07. The minimum absolute atomic E-state index is 0.112. The Balaban J connectivity index is 1.15. The Kier molecular flexibility index (Phi) is 9.33. The maximum absolute atomic E-state index is 14.2. The number of aromatic nitrogens is 2. The van der Waals surface area contributed by atoms with Crippen molar-refractivity contribution in [3.05, 3.63) is 41.9 Å². The number of rotatable bonds is 9. The lowest BCUT2D eigenvalue weighted by atomic mass is 9.73. The topological polar surface area (TPSA) is 119 Å². The fourth-order valence-electron chi connectivity index (χ4n) is 7.16. The number of carbonyl (C=O) groups excluding carboxylic acids is 2. The SMILES string of the molecule is CNC(=O)OC1CCC(C(=O)N(CC2CCC(C3C=NC(OC)=C(C)C3)CC2)c2cc(-c3coc(C4CC4)n3)ccn2)CC1. The lowest BCUT2D eigenvalue weighted by Crippen LogP contribution is -2.43. The highest BCUT2D eigenvalue weighted by atomic mass is 16.6. The maximum atomic E-state index is 14.2. The predicted molar refractivity (Wildman–Crippen MR) is 167 cm³/mol. The second-order valence-electron chi connectivity index (χ2n) is 13.0. The molecule has 1 N–H and O–H groups in total. The van der Waals surface area contributed by atoms with Crippen LogP contribution in [0.5, 0.6) is 0 Å². The van der Waals surface area contributed by atoms with E-state index >= 15 is 0 Å². The van der Waals surface area contributed by atoms with Crippen LogP contribution in [0.4, 0.5) is 10.6 Å². The van der Waals surface area contributed by atoms with Gasteiger partial charge in [-0.1, -0.05) is 0 Å². The summed E-state index contributed by atoms with van der Waals surface area (Å²) in [6.45, 7) is 2.76. The van der Waals surface area contributed by atoms with E-state index in [0.29, 0.717) is 61.7 Å². The van der Waals surface area contributed by atoms with Crippen LogP contribution in [-0.2, 0) is 14.3 Å². The first-order chi connectivity index (χ1) is 21.4. The van der Waals surface area contributed by atoms with E-state index in [9.17, 15) is 9.59 Å². The summed E-state index contributed by atoms with van der Waals surface area (Å²) in [7, 11) is 3.24. The van der Waals surface area contributed by atoms with Crippen LogP contribution in [0.1, 0.15) is 89.4 Å². The van der Waals surface area contributed by atoms with Crippen molar-refractivity contribution in [2.75, 3.05) is 25.6 Å². The average molecular weight is 604 g/mol. The summed E-state index contributed by atoms with van der Waals surface area (Å²) in [4.78, 5) is 41.9. The molecule has 10 nitrogen and oxygen atoms in total. The van der Waals surface area contributed by atoms with Gasteiger partial charge in [-0.15, -0.1) is 0 Å². The third-order valence-electron chi connectivity index (χ3n) is 9.95. The molecular weight excluding hydrogens is 558 g/mol. The number of aliphatic imine (C=N–C) groups is 1. The third-order valence-corrected chi connectivity index (χ3v) is 9.95. The number of allylic oxidation sites excluding steroid dienone is 1. The summed E-state index contributed by atoms with van der Waals surface area (Å²) in [6, 6.07) is 3.92. The number of pyridine rings is 1. The van der Waals surface area contributed by atoms with Gasteiger partial charge in [0.25, 0.3) is 0 Å². The average Bonchev–Trinajstić information content (AvgIpc) is 3.79. The van der Waals surface area contributed by atoms with Gasteiger partial charge >= 0.3 is 6.09 Å². The van der Waals surface area contributed by atoms with Crippen LogP contribution in [0.3, 0.4) is 0 Å². The largest absolute Gasteiger partial charge is 0.481 e. The van der Waals surface area contributed by atoms with Crippen LogP contribution in [0.25, 0.3) is 11.3 Å². The molecule has 0 radical (unpaired) electrons. The van der Waals surface area contributed by atoms with Gasteiger partial charge in [-0.25, -0.2) is 19.8 Å². The first-order valence-corrected chi connectivity index (χ1v) is 16.3. The molecule has 0 saturated heterocycles. The predicted octanol–water partition coefficient (Wildman–Crippen LogP) is 6.64. The molecule has 1 atom stereocenters. The van der Waals surface area contributed by atoms with Gasteiger partial charge in [0.2, 0.25) is 11.8 Å². The number of hydrogen-bond acceptors (Lipinski definition) is 8. The highest BCUT2D eigenvalue weighted by Gasteiger charge is 2.35. The van der Waals surface area contributed by atoms with E-state index in [4.69, 9.17) is 23.9 Å². The lowest BCUT2D eigenvalue weighted by molar-refractivity contribution is -0.124. The molecule has 10 heteroatoms. The molecule has 2 aromatic rings. The van der Waals surface area contributed by atoms with Crippen molar-refractivity contribution in [1.29, 1.82) is 0 Å². The van der Waals surface area contributed by atoms with Crippen LogP contribution in [0.15, 0.2) is 45.5 Å². The minimum Gasteiger partial charge on any atom is -0.481 e. The standard InChI is InChI=1S/C34H45N5O5/c1-21-16-27(18-37-31(21)42-3)23-6-4-22(5-7-23)19-39(33(40)25-10-12-28(13-11-25)44-34(41)35-2)30-17-26(14-15-36-30)29-20-43-32(38-29)24-8-9-24/h14-15,17-18,20,22-25,27-28H,4-13,16,19H2,1-3H3,(H,35,41). The highest BCUT2D eigenvalue weighted by molar-refractivity contribution is 5.94. The Labute approximate surface area is 259 Å². The number of oxazole rings is 1. The Morgan fingerprint density at radius 1 is 1.07 bits per heavy atom. The van der Waals surface area contributed by atoms with Crippen LogP contribution in [0.2, 0.25) is 0 Å². The fourth-order valence-corrected chi connectivity index (χ4v) is 7.16. The zero-order chi connectivity index (χ0) is 30.6. The van der Waals surface area contributed by atoms with Gasteiger partial charge in [-0.3, -0.25) is 9.69 Å². The summed E-state index contributed by atoms with van der Waals surface area (Å²) >= 11 is 0. The number of anilines is 1. The lowest BCUT2D eigenvalue weighted by Gasteiger charge is -2.37. The van der Waals surface area contributed by atoms with Crippen molar-refractivity contribution < 1.29 is 23.5 Å². The van der Waals surface area contributed by atoms with E-state index in [1.807, 2.05) is 17.0 Å². The Hall–Kier alpha value is -3.69. The minimum atomic E-state index is -0.416. The van der Waals surface area contributed by atoms with Gasteiger partial charge in [0.1, 0.15) is 23.9 Å². The quantitative estimate of drug-likeness (QED) is 0.341. The molecule has 2 amide bonds. The summed E-state index contributed by atoms with van der Waals surface area (Å²) in [6.07, 6.45) is 15.4. The third kappa shape index (κ3) is 7.00. The van der Waals surface area contributed by atoms with E-state index in [2.05, 4.69) is 23.4 Å². The number of amides is 2. The van der Waals surface area contributed by atoms with E-state index in [-0.39, 0.29) is 17.9 Å². The van der Waals surface area contributed by atoms with Gasteiger partial charge in [0, 0.05) is 49.3 Å². The first-order valence-electron chi connectivity index (χ1n) is 16.3. The Morgan fingerprint density at radius 2 is 1.84 bits per heavy atom. The molecule has 236 valence electrons. The molecular formula is C34H45N5O5. The van der Waals surface area contributed by atoms with E-state index in [1.165, 1.54) is 5.57 Å². The van der Waals surface area contributed by atoms with E-state index < -0.39 is 6.09 Å². The molecule has 1 aliphatic heterocycles. The molecule has 0 bridgehead atoms. The number of carbonyl (C=O) groups is 2. The second-order valence-corrected chi connectivity index (χ2v) is 13.0. The summed E-state index contributed by atoms with van der Waals surface area (Å²) < 4.78 is 16.6. The van der Waals surface area contributed by atoms with Crippen LogP contribution in [0, 0.1) is 23.7 Å². The molecule has 4 aliphatic rings. The van der Waals surface area contributed by atoms with E-state index in [1.54, 1.807) is 26.6 Å². The molecule has 0 spiro atoms. The van der Waals surface area contributed by atoms with Crippen LogP contribution < -0.4 is 10.2 Å². The summed E-state index contributed by atoms with van der Waals surface area (Å²) in [5, 5.41) is 2.52. The normalized spacial score (nSPS) is 27.1. The molecule has 3 heterocycles. The molecule has 3 aliphatic carbocycles. The van der Waals surface area contributed by atoms with Crippen molar-refractivity contribution in [2.24, 2.45) is 28.7 Å². The number of nitrogens with one attached hydrogen (secondary N) is 1. The molecule has 0 aromatic carbocycles. The maximum Gasteiger partial charge on any atom is 0.407 e. The van der Waals surface area contributed by atoms with E-state index in [0.717, 1.165) is 68.0 Å².